The zero-order valence-electron chi connectivity index (χ0n) is 5.77. The van der Waals surface area contributed by atoms with Gasteiger partial charge < -0.3 is 0 Å². The smallest absolute Gasteiger partial charge is 0.0148 e. The van der Waals surface area contributed by atoms with Gasteiger partial charge >= 0.3 is 0 Å². The fraction of sp³-hybridized carbons (Fsp3) is 1.00. The summed E-state index contributed by atoms with van der Waals surface area (Å²) >= 11 is 2.43. The summed E-state index contributed by atoms with van der Waals surface area (Å²) in [5, 5.41) is 0.974. The van der Waals surface area contributed by atoms with Gasteiger partial charge in [-0.05, 0) is 52.8 Å². The topological polar surface area (TPSA) is 0 Å². The lowest BCUT2D eigenvalue weighted by molar-refractivity contribution is 0.394. The van der Waals surface area contributed by atoms with Crippen LogP contribution in [-0.2, 0) is 0 Å². The zero-order valence-corrected chi connectivity index (χ0v) is 8.74. The molecule has 0 N–H and O–H groups in total. The summed E-state index contributed by atoms with van der Waals surface area (Å²) in [6, 6.07) is 0. The minimum Gasteiger partial charge on any atom is -0.0860 e. The lowest BCUT2D eigenvalue weighted by Gasteiger charge is -2.23. The van der Waals surface area contributed by atoms with Gasteiger partial charge in [-0.1, -0.05) is 15.9 Å². The van der Waals surface area contributed by atoms with Crippen LogP contribution in [0.3, 0.4) is 0 Å². The molecule has 0 atom stereocenters. The van der Waals surface area contributed by atoms with Gasteiger partial charge in [0, 0.05) is 5.25 Å². The Kier molecular flexibility index (Phi) is 3.69. The van der Waals surface area contributed by atoms with Crippen molar-refractivity contribution < 1.29 is 0 Å². The Hall–Kier alpha value is 1.08. The maximum Gasteiger partial charge on any atom is 0.0148 e. The van der Waals surface area contributed by atoms with Gasteiger partial charge in [0.1, 0.15) is 0 Å². The first-order valence-electron chi connectivity index (χ1n) is 3.60. The molecule has 0 unspecified atom stereocenters. The fourth-order valence-electron chi connectivity index (χ4n) is 1.32. The van der Waals surface area contributed by atoms with Crippen LogP contribution in [-0.4, -0.2) is 5.25 Å². The molecule has 1 rings (SSSR count). The summed E-state index contributed by atoms with van der Waals surface area (Å²) in [6.07, 6.45) is 5.82. The highest BCUT2D eigenvalue weighted by Gasteiger charge is 2.16. The minimum atomic E-state index is 0.974. The molecule has 1 saturated carbocycles. The van der Waals surface area contributed by atoms with Crippen molar-refractivity contribution in [1.29, 1.82) is 0 Å². The molecule has 1 fully saturated rings. The van der Waals surface area contributed by atoms with Gasteiger partial charge in [-0.25, -0.2) is 0 Å². The van der Waals surface area contributed by atoms with E-state index >= 15 is 0 Å². The molecule has 0 aromatic rings. The third kappa shape index (κ3) is 2.66. The van der Waals surface area contributed by atoms with E-state index in [1.54, 1.807) is 0 Å². The number of rotatable bonds is 1. The van der Waals surface area contributed by atoms with Gasteiger partial charge in [-0.2, -0.15) is 0 Å². The first kappa shape index (κ1) is 8.18. The molecule has 54 valence electrons. The maximum atomic E-state index is 2.43. The van der Waals surface area contributed by atoms with Crippen molar-refractivity contribution in [3.63, 3.8) is 0 Å². The fourth-order valence-corrected chi connectivity index (χ4v) is 3.29. The molecule has 0 nitrogen and oxygen atoms in total. The van der Waals surface area contributed by atoms with Gasteiger partial charge in [0.15, 0.2) is 0 Å². The monoisotopic (exact) mass is 256 g/mol. The van der Waals surface area contributed by atoms with E-state index in [1.165, 1.54) is 25.7 Å². The van der Waals surface area contributed by atoms with Crippen LogP contribution in [0.5, 0.6) is 0 Å². The molecule has 0 heterocycles. The second-order valence-corrected chi connectivity index (χ2v) is 5.34. The summed E-state index contributed by atoms with van der Waals surface area (Å²) in [5.74, 6) is 1.00. The van der Waals surface area contributed by atoms with Gasteiger partial charge in [-0.15, -0.1) is 0 Å². The first-order chi connectivity index (χ1) is 4.33. The summed E-state index contributed by atoms with van der Waals surface area (Å²) in [6.45, 7) is 2.37. The van der Waals surface area contributed by atoms with Crippen LogP contribution in [0.2, 0.25) is 0 Å². The van der Waals surface area contributed by atoms with Crippen molar-refractivity contribution >= 4 is 30.1 Å². The standard InChI is InChI=1S/C7H13IS/c1-6-2-4-7(9-8)5-3-6/h6-7H,2-5H2,1H3. The predicted molar refractivity (Wildman–Crippen MR) is 53.0 cm³/mol. The largest absolute Gasteiger partial charge is 0.0860 e. The SMILES string of the molecule is CC1CCC(SI)CC1. The van der Waals surface area contributed by atoms with Crippen LogP contribution in [0.4, 0.5) is 0 Å². The predicted octanol–water partition coefficient (Wildman–Crippen LogP) is 3.65. The molecule has 0 aromatic carbocycles. The second-order valence-electron chi connectivity index (χ2n) is 2.97. The molecule has 0 aliphatic heterocycles. The van der Waals surface area contributed by atoms with Crippen molar-refractivity contribution in [1.82, 2.24) is 0 Å². The van der Waals surface area contributed by atoms with E-state index in [1.807, 2.05) is 8.93 Å². The quantitative estimate of drug-likeness (QED) is 0.645. The molecule has 2 heteroatoms. The van der Waals surface area contributed by atoms with Crippen LogP contribution >= 0.6 is 30.1 Å². The van der Waals surface area contributed by atoms with E-state index in [9.17, 15) is 0 Å². The van der Waals surface area contributed by atoms with Gasteiger partial charge in [0.05, 0.1) is 0 Å². The molecule has 0 amide bonds. The summed E-state index contributed by atoms with van der Waals surface area (Å²) in [5.41, 5.74) is 0. The van der Waals surface area contributed by atoms with Crippen molar-refractivity contribution in [2.45, 2.75) is 37.9 Å². The van der Waals surface area contributed by atoms with Crippen LogP contribution in [0, 0.1) is 5.92 Å². The van der Waals surface area contributed by atoms with Crippen molar-refractivity contribution in [3.05, 3.63) is 0 Å². The molecule has 1 aliphatic carbocycles. The molecule has 1 aliphatic rings. The van der Waals surface area contributed by atoms with Crippen LogP contribution in [0.15, 0.2) is 0 Å². The molecule has 0 bridgehead atoms. The van der Waals surface area contributed by atoms with Crippen LogP contribution < -0.4 is 0 Å². The first-order valence-corrected chi connectivity index (χ1v) is 7.02. The van der Waals surface area contributed by atoms with Crippen molar-refractivity contribution in [3.8, 4) is 0 Å². The van der Waals surface area contributed by atoms with E-state index in [0.29, 0.717) is 0 Å². The van der Waals surface area contributed by atoms with Crippen LogP contribution in [0.1, 0.15) is 32.6 Å². The molecule has 9 heavy (non-hydrogen) atoms. The third-order valence-corrected chi connectivity index (χ3v) is 4.97. The average molecular weight is 256 g/mol. The van der Waals surface area contributed by atoms with Crippen molar-refractivity contribution in [2.75, 3.05) is 0 Å². The van der Waals surface area contributed by atoms with Gasteiger partial charge in [-0.3, -0.25) is 0 Å². The van der Waals surface area contributed by atoms with E-state index in [4.69, 9.17) is 0 Å². The molecular formula is C7H13IS. The highest BCUT2D eigenvalue weighted by Crippen LogP contribution is 2.34. The lowest BCUT2D eigenvalue weighted by Crippen LogP contribution is -2.12. The Balaban J connectivity index is 2.18. The maximum absolute atomic E-state index is 2.43. The molecule has 0 saturated heterocycles. The van der Waals surface area contributed by atoms with Gasteiger partial charge in [0.25, 0.3) is 0 Å². The summed E-state index contributed by atoms with van der Waals surface area (Å²) in [7, 11) is 2.02. The van der Waals surface area contributed by atoms with E-state index in [-0.39, 0.29) is 0 Å². The summed E-state index contributed by atoms with van der Waals surface area (Å²) < 4.78 is 0. The van der Waals surface area contributed by atoms with Crippen LogP contribution in [0.25, 0.3) is 0 Å². The Morgan fingerprint density at radius 1 is 1.22 bits per heavy atom. The Labute approximate surface area is 73.8 Å². The Morgan fingerprint density at radius 2 is 1.78 bits per heavy atom. The Bertz CT molecular complexity index is 77.0. The lowest BCUT2D eigenvalue weighted by atomic mass is 9.91. The third-order valence-electron chi connectivity index (χ3n) is 2.09. The van der Waals surface area contributed by atoms with E-state index in [2.05, 4.69) is 28.1 Å². The molecule has 0 spiro atoms. The number of hydrogen-bond donors (Lipinski definition) is 0. The highest BCUT2D eigenvalue weighted by atomic mass is 127. The second kappa shape index (κ2) is 4.06. The van der Waals surface area contributed by atoms with E-state index in [0.717, 1.165) is 11.2 Å². The molecular weight excluding hydrogens is 243 g/mol. The minimum absolute atomic E-state index is 0.974. The molecule has 0 radical (unpaired) electrons. The number of hydrogen-bond acceptors (Lipinski definition) is 1. The normalized spacial score (nSPS) is 36.7. The highest BCUT2D eigenvalue weighted by molar-refractivity contribution is 14.2. The van der Waals surface area contributed by atoms with E-state index < -0.39 is 0 Å². The average Bonchev–Trinajstić information content (AvgIpc) is 1.90. The van der Waals surface area contributed by atoms with Gasteiger partial charge in [0.2, 0.25) is 0 Å². The number of halogens is 1. The Morgan fingerprint density at radius 3 is 2.22 bits per heavy atom. The summed E-state index contributed by atoms with van der Waals surface area (Å²) in [4.78, 5) is 0. The zero-order chi connectivity index (χ0) is 6.69. The molecule has 0 aromatic heterocycles. The van der Waals surface area contributed by atoms with Crippen molar-refractivity contribution in [2.24, 2.45) is 5.92 Å².